The molecule has 1 fully saturated rings. The fraction of sp³-hybridized carbons (Fsp3) is 0.625. The van der Waals surface area contributed by atoms with Crippen molar-refractivity contribution in [2.75, 3.05) is 13.4 Å². The number of aryl methyl sites for hydroxylation is 1. The van der Waals surface area contributed by atoms with Gasteiger partial charge in [-0.25, -0.2) is 0 Å². The normalized spacial score (nSPS) is 24.4. The zero-order valence-electron chi connectivity index (χ0n) is 12.4. The van der Waals surface area contributed by atoms with Gasteiger partial charge >= 0.3 is 0 Å². The standard InChI is InChI=1S/C16H25NOS/c1-11-5-8-16(18-3)15(9-11)12(2)17-13-6-7-14(10-13)19-4/h5,8-9,12-14,17H,6-7,10H2,1-4H3. The first-order valence-electron chi connectivity index (χ1n) is 7.07. The molecule has 1 N–H and O–H groups in total. The Balaban J connectivity index is 2.03. The van der Waals surface area contributed by atoms with E-state index >= 15 is 0 Å². The minimum atomic E-state index is 0.348. The quantitative estimate of drug-likeness (QED) is 0.882. The zero-order chi connectivity index (χ0) is 13.8. The average Bonchev–Trinajstić information content (AvgIpc) is 2.86. The van der Waals surface area contributed by atoms with E-state index in [1.807, 2.05) is 11.8 Å². The van der Waals surface area contributed by atoms with Crippen LogP contribution in [0.4, 0.5) is 0 Å². The minimum absolute atomic E-state index is 0.348. The van der Waals surface area contributed by atoms with Gasteiger partial charge in [0.25, 0.3) is 0 Å². The van der Waals surface area contributed by atoms with Gasteiger partial charge in [-0.2, -0.15) is 11.8 Å². The van der Waals surface area contributed by atoms with E-state index in [2.05, 4.69) is 43.6 Å². The smallest absolute Gasteiger partial charge is 0.123 e. The van der Waals surface area contributed by atoms with Gasteiger partial charge in [0.1, 0.15) is 5.75 Å². The van der Waals surface area contributed by atoms with Crippen molar-refractivity contribution in [1.29, 1.82) is 0 Å². The van der Waals surface area contributed by atoms with Gasteiger partial charge in [0.2, 0.25) is 0 Å². The van der Waals surface area contributed by atoms with Crippen molar-refractivity contribution >= 4 is 11.8 Å². The summed E-state index contributed by atoms with van der Waals surface area (Å²) in [6.07, 6.45) is 6.15. The summed E-state index contributed by atoms with van der Waals surface area (Å²) < 4.78 is 5.48. The second-order valence-electron chi connectivity index (χ2n) is 5.50. The van der Waals surface area contributed by atoms with E-state index in [0.717, 1.165) is 11.0 Å². The summed E-state index contributed by atoms with van der Waals surface area (Å²) in [5.41, 5.74) is 2.56. The Morgan fingerprint density at radius 2 is 2.16 bits per heavy atom. The highest BCUT2D eigenvalue weighted by Gasteiger charge is 2.25. The van der Waals surface area contributed by atoms with Gasteiger partial charge < -0.3 is 10.1 Å². The molecule has 3 unspecified atom stereocenters. The summed E-state index contributed by atoms with van der Waals surface area (Å²) in [7, 11) is 1.75. The van der Waals surface area contributed by atoms with Crippen molar-refractivity contribution in [2.45, 2.75) is 50.4 Å². The fourth-order valence-electron chi connectivity index (χ4n) is 2.94. The zero-order valence-corrected chi connectivity index (χ0v) is 13.2. The van der Waals surface area contributed by atoms with E-state index in [-0.39, 0.29) is 0 Å². The van der Waals surface area contributed by atoms with Crippen LogP contribution in [0.2, 0.25) is 0 Å². The summed E-state index contributed by atoms with van der Waals surface area (Å²) in [6, 6.07) is 7.41. The third-order valence-electron chi connectivity index (χ3n) is 4.06. The van der Waals surface area contributed by atoms with Crippen LogP contribution in [-0.4, -0.2) is 24.7 Å². The Hall–Kier alpha value is -0.670. The molecule has 0 aliphatic heterocycles. The van der Waals surface area contributed by atoms with Crippen LogP contribution in [-0.2, 0) is 0 Å². The van der Waals surface area contributed by atoms with E-state index in [9.17, 15) is 0 Å². The predicted molar refractivity (Wildman–Crippen MR) is 84.2 cm³/mol. The predicted octanol–water partition coefficient (Wildman–Crippen LogP) is 3.94. The largest absolute Gasteiger partial charge is 0.496 e. The van der Waals surface area contributed by atoms with E-state index < -0.39 is 0 Å². The topological polar surface area (TPSA) is 21.3 Å². The average molecular weight is 279 g/mol. The molecule has 1 aliphatic carbocycles. The molecule has 0 heterocycles. The highest BCUT2D eigenvalue weighted by atomic mass is 32.2. The Morgan fingerprint density at radius 1 is 1.37 bits per heavy atom. The molecule has 1 aliphatic rings. The Morgan fingerprint density at radius 3 is 2.79 bits per heavy atom. The number of benzene rings is 1. The molecule has 0 spiro atoms. The summed E-state index contributed by atoms with van der Waals surface area (Å²) in [5, 5.41) is 4.61. The lowest BCUT2D eigenvalue weighted by molar-refractivity contribution is 0.393. The maximum absolute atomic E-state index is 5.48. The molecule has 1 aromatic rings. The molecule has 0 saturated heterocycles. The second kappa shape index (κ2) is 6.67. The van der Waals surface area contributed by atoms with Gasteiger partial charge in [-0.1, -0.05) is 17.7 Å². The number of rotatable bonds is 5. The first kappa shape index (κ1) is 14.7. The lowest BCUT2D eigenvalue weighted by Crippen LogP contribution is -2.29. The van der Waals surface area contributed by atoms with Gasteiger partial charge in [-0.15, -0.1) is 0 Å². The Bertz CT molecular complexity index is 421. The van der Waals surface area contributed by atoms with Crippen LogP contribution in [0.5, 0.6) is 5.75 Å². The molecular weight excluding hydrogens is 254 g/mol. The first-order chi connectivity index (χ1) is 9.13. The van der Waals surface area contributed by atoms with Crippen LogP contribution in [0, 0.1) is 6.92 Å². The molecule has 1 saturated carbocycles. The van der Waals surface area contributed by atoms with E-state index in [4.69, 9.17) is 4.74 Å². The van der Waals surface area contributed by atoms with Crippen LogP contribution >= 0.6 is 11.8 Å². The van der Waals surface area contributed by atoms with Crippen LogP contribution in [0.15, 0.2) is 18.2 Å². The number of nitrogens with one attached hydrogen (secondary N) is 1. The van der Waals surface area contributed by atoms with E-state index in [0.29, 0.717) is 12.1 Å². The van der Waals surface area contributed by atoms with Crippen molar-refractivity contribution in [2.24, 2.45) is 0 Å². The number of hydrogen-bond acceptors (Lipinski definition) is 3. The summed E-state index contributed by atoms with van der Waals surface area (Å²) >= 11 is 2.00. The summed E-state index contributed by atoms with van der Waals surface area (Å²) in [6.45, 7) is 4.37. The Labute approximate surface area is 121 Å². The van der Waals surface area contributed by atoms with Gasteiger partial charge in [-0.3, -0.25) is 0 Å². The van der Waals surface area contributed by atoms with Gasteiger partial charge in [0.15, 0.2) is 0 Å². The third-order valence-corrected chi connectivity index (χ3v) is 5.15. The minimum Gasteiger partial charge on any atom is -0.496 e. The van der Waals surface area contributed by atoms with E-state index in [1.54, 1.807) is 7.11 Å². The second-order valence-corrected chi connectivity index (χ2v) is 6.64. The Kier molecular flexibility index (Phi) is 5.17. The summed E-state index contributed by atoms with van der Waals surface area (Å²) in [4.78, 5) is 0. The number of methoxy groups -OCH3 is 1. The molecular formula is C16H25NOS. The first-order valence-corrected chi connectivity index (χ1v) is 8.36. The number of hydrogen-bond donors (Lipinski definition) is 1. The molecule has 0 radical (unpaired) electrons. The van der Waals surface area contributed by atoms with Crippen LogP contribution in [0.25, 0.3) is 0 Å². The van der Waals surface area contributed by atoms with Crippen molar-refractivity contribution in [3.63, 3.8) is 0 Å². The molecule has 0 amide bonds. The van der Waals surface area contributed by atoms with Gasteiger partial charge in [-0.05, 0) is 45.4 Å². The molecule has 1 aromatic carbocycles. The third kappa shape index (κ3) is 3.67. The van der Waals surface area contributed by atoms with Gasteiger partial charge in [0.05, 0.1) is 7.11 Å². The molecule has 2 nitrogen and oxygen atoms in total. The lowest BCUT2D eigenvalue weighted by atomic mass is 10.0. The van der Waals surface area contributed by atoms with E-state index in [1.165, 1.54) is 30.4 Å². The molecule has 19 heavy (non-hydrogen) atoms. The highest BCUT2D eigenvalue weighted by Crippen LogP contribution is 2.31. The maximum atomic E-state index is 5.48. The molecule has 106 valence electrons. The highest BCUT2D eigenvalue weighted by molar-refractivity contribution is 7.99. The fourth-order valence-corrected chi connectivity index (χ4v) is 3.74. The molecule has 2 rings (SSSR count). The number of ether oxygens (including phenoxy) is 1. The molecule has 3 heteroatoms. The van der Waals surface area contributed by atoms with Crippen molar-refractivity contribution in [3.8, 4) is 5.75 Å². The van der Waals surface area contributed by atoms with Crippen LogP contribution in [0.1, 0.15) is 43.4 Å². The molecule has 0 aromatic heterocycles. The van der Waals surface area contributed by atoms with Crippen LogP contribution < -0.4 is 10.1 Å². The molecule has 0 bridgehead atoms. The van der Waals surface area contributed by atoms with Crippen molar-refractivity contribution in [3.05, 3.63) is 29.3 Å². The molecule has 3 atom stereocenters. The summed E-state index contributed by atoms with van der Waals surface area (Å²) in [5.74, 6) is 0.991. The maximum Gasteiger partial charge on any atom is 0.123 e. The van der Waals surface area contributed by atoms with Crippen LogP contribution in [0.3, 0.4) is 0 Å². The van der Waals surface area contributed by atoms with Gasteiger partial charge in [0, 0.05) is 22.9 Å². The SMILES string of the molecule is COc1ccc(C)cc1C(C)NC1CCC(SC)C1. The monoisotopic (exact) mass is 279 g/mol. The number of thioether (sulfide) groups is 1. The van der Waals surface area contributed by atoms with Crippen molar-refractivity contribution < 1.29 is 4.74 Å². The van der Waals surface area contributed by atoms with Crippen molar-refractivity contribution in [1.82, 2.24) is 5.32 Å². The lowest BCUT2D eigenvalue weighted by Gasteiger charge is -2.22.